The maximum atomic E-state index is 3.80. The predicted octanol–water partition coefficient (Wildman–Crippen LogP) is 1.20. The lowest BCUT2D eigenvalue weighted by Gasteiger charge is -2.07. The maximum Gasteiger partial charge on any atom is 0.0450 e. The number of rotatable bonds is 3. The molecule has 9 heavy (non-hydrogen) atoms. The molecule has 0 aromatic heterocycles. The van der Waals surface area contributed by atoms with Crippen molar-refractivity contribution in [2.24, 2.45) is 4.99 Å². The lowest BCUT2D eigenvalue weighted by Crippen LogP contribution is -2.21. The van der Waals surface area contributed by atoms with Gasteiger partial charge in [-0.05, 0) is 13.8 Å². The van der Waals surface area contributed by atoms with E-state index in [2.05, 4.69) is 30.7 Å². The average Bonchev–Trinajstić information content (AvgIpc) is 1.63. The minimum atomic E-state index is 0.440. The Bertz CT molecular complexity index is 114. The van der Waals surface area contributed by atoms with Crippen LogP contribution in [0.15, 0.2) is 17.3 Å². The number of nitrogens with one attached hydrogen (secondary N) is 1. The van der Waals surface area contributed by atoms with Crippen LogP contribution in [0, 0.1) is 0 Å². The van der Waals surface area contributed by atoms with Gasteiger partial charge in [0.25, 0.3) is 0 Å². The van der Waals surface area contributed by atoms with E-state index in [1.807, 2.05) is 0 Å². The summed E-state index contributed by atoms with van der Waals surface area (Å²) in [5.74, 6) is 0. The van der Waals surface area contributed by atoms with Gasteiger partial charge < -0.3 is 5.32 Å². The van der Waals surface area contributed by atoms with Crippen LogP contribution >= 0.6 is 0 Å². The molecule has 0 unspecified atom stereocenters. The van der Waals surface area contributed by atoms with Crippen LogP contribution in [0.3, 0.4) is 0 Å². The van der Waals surface area contributed by atoms with E-state index in [1.54, 1.807) is 13.3 Å². The second kappa shape index (κ2) is 4.13. The van der Waals surface area contributed by atoms with Gasteiger partial charge in [0, 0.05) is 25.0 Å². The van der Waals surface area contributed by atoms with Crippen LogP contribution in [0.25, 0.3) is 0 Å². The number of hydrogen-bond acceptors (Lipinski definition) is 2. The molecule has 1 N–H and O–H groups in total. The summed E-state index contributed by atoms with van der Waals surface area (Å²) < 4.78 is 0. The number of allylic oxidation sites excluding steroid dienone is 1. The van der Waals surface area contributed by atoms with E-state index in [1.165, 1.54) is 0 Å². The standard InChI is InChI=1S/C7H14N2/c1-6(2)9-7(3)5-8-4/h5-6,9H,3H2,1-2,4H3. The Hall–Kier alpha value is -0.790. The first-order valence-electron chi connectivity index (χ1n) is 3.04. The first-order chi connectivity index (χ1) is 4.16. The summed E-state index contributed by atoms with van der Waals surface area (Å²) in [5.41, 5.74) is 0.868. The van der Waals surface area contributed by atoms with Crippen LogP contribution in [0.5, 0.6) is 0 Å². The predicted molar refractivity (Wildman–Crippen MR) is 41.8 cm³/mol. The van der Waals surface area contributed by atoms with Gasteiger partial charge in [0.2, 0.25) is 0 Å². The van der Waals surface area contributed by atoms with Crippen molar-refractivity contribution in [3.8, 4) is 0 Å². The molecule has 0 aromatic rings. The summed E-state index contributed by atoms with van der Waals surface area (Å²) in [6, 6.07) is 0.440. The van der Waals surface area contributed by atoms with Gasteiger partial charge in [0.1, 0.15) is 0 Å². The lowest BCUT2D eigenvalue weighted by atomic mass is 10.4. The molecule has 0 aliphatic rings. The quantitative estimate of drug-likeness (QED) is 0.564. The molecule has 0 fully saturated rings. The highest BCUT2D eigenvalue weighted by molar-refractivity contribution is 5.76. The molecule has 0 radical (unpaired) electrons. The number of aliphatic imine (C=N–C) groups is 1. The molecular formula is C7H14N2. The third kappa shape index (κ3) is 5.07. The largest absolute Gasteiger partial charge is 0.382 e. The molecule has 0 rings (SSSR count). The second-order valence-electron chi connectivity index (χ2n) is 2.21. The molecular weight excluding hydrogens is 112 g/mol. The summed E-state index contributed by atoms with van der Waals surface area (Å²) in [6.07, 6.45) is 1.71. The van der Waals surface area contributed by atoms with Gasteiger partial charge in [0.05, 0.1) is 0 Å². The van der Waals surface area contributed by atoms with Crippen molar-refractivity contribution in [1.82, 2.24) is 5.32 Å². The van der Waals surface area contributed by atoms with E-state index >= 15 is 0 Å². The Balaban J connectivity index is 3.51. The van der Waals surface area contributed by atoms with Gasteiger partial charge >= 0.3 is 0 Å². The minimum absolute atomic E-state index is 0.440. The van der Waals surface area contributed by atoms with Crippen LogP contribution in [0.4, 0.5) is 0 Å². The van der Waals surface area contributed by atoms with Crippen molar-refractivity contribution in [3.63, 3.8) is 0 Å². The van der Waals surface area contributed by atoms with Gasteiger partial charge in [-0.3, -0.25) is 4.99 Å². The number of hydrogen-bond donors (Lipinski definition) is 1. The fraction of sp³-hybridized carbons (Fsp3) is 0.571. The molecule has 0 aliphatic carbocycles. The van der Waals surface area contributed by atoms with Gasteiger partial charge in [-0.25, -0.2) is 0 Å². The van der Waals surface area contributed by atoms with E-state index in [-0.39, 0.29) is 0 Å². The molecule has 0 saturated carbocycles. The molecule has 0 atom stereocenters. The Morgan fingerprint density at radius 1 is 1.67 bits per heavy atom. The topological polar surface area (TPSA) is 24.4 Å². The zero-order valence-corrected chi connectivity index (χ0v) is 6.31. The van der Waals surface area contributed by atoms with Gasteiger partial charge in [-0.2, -0.15) is 0 Å². The molecule has 0 saturated heterocycles. The van der Waals surface area contributed by atoms with Crippen LogP contribution < -0.4 is 5.32 Å². The maximum absolute atomic E-state index is 3.80. The summed E-state index contributed by atoms with van der Waals surface area (Å²) >= 11 is 0. The Labute approximate surface area is 56.7 Å². The van der Waals surface area contributed by atoms with Crippen LogP contribution in [-0.2, 0) is 0 Å². The molecule has 0 amide bonds. The van der Waals surface area contributed by atoms with E-state index in [0.29, 0.717) is 6.04 Å². The lowest BCUT2D eigenvalue weighted by molar-refractivity contribution is 0.691. The zero-order valence-electron chi connectivity index (χ0n) is 6.31. The SMILES string of the molecule is C=C(C=NC)NC(C)C. The van der Waals surface area contributed by atoms with Gasteiger partial charge in [0.15, 0.2) is 0 Å². The average molecular weight is 126 g/mol. The van der Waals surface area contributed by atoms with Crippen molar-refractivity contribution < 1.29 is 0 Å². The van der Waals surface area contributed by atoms with Gasteiger partial charge in [-0.1, -0.05) is 6.58 Å². The third-order valence-electron chi connectivity index (χ3n) is 0.759. The molecule has 2 heteroatoms. The highest BCUT2D eigenvalue weighted by Crippen LogP contribution is 1.82. The fourth-order valence-corrected chi connectivity index (χ4v) is 0.564. The van der Waals surface area contributed by atoms with Crippen molar-refractivity contribution in [3.05, 3.63) is 12.3 Å². The van der Waals surface area contributed by atoms with Gasteiger partial charge in [-0.15, -0.1) is 0 Å². The van der Waals surface area contributed by atoms with E-state index < -0.39 is 0 Å². The highest BCUT2D eigenvalue weighted by atomic mass is 14.9. The van der Waals surface area contributed by atoms with Crippen LogP contribution in [0.2, 0.25) is 0 Å². The summed E-state index contributed by atoms with van der Waals surface area (Å²) in [6.45, 7) is 7.85. The van der Waals surface area contributed by atoms with E-state index in [9.17, 15) is 0 Å². The minimum Gasteiger partial charge on any atom is -0.382 e. The van der Waals surface area contributed by atoms with Crippen LogP contribution in [-0.4, -0.2) is 19.3 Å². The van der Waals surface area contributed by atoms with Crippen molar-refractivity contribution in [2.45, 2.75) is 19.9 Å². The first kappa shape index (κ1) is 8.21. The highest BCUT2D eigenvalue weighted by Gasteiger charge is 1.89. The number of nitrogens with zero attached hydrogens (tertiary/aromatic N) is 1. The molecule has 0 bridgehead atoms. The Kier molecular flexibility index (Phi) is 3.76. The molecule has 0 aliphatic heterocycles. The van der Waals surface area contributed by atoms with Crippen LogP contribution in [0.1, 0.15) is 13.8 Å². The summed E-state index contributed by atoms with van der Waals surface area (Å²) in [7, 11) is 1.73. The van der Waals surface area contributed by atoms with Crippen molar-refractivity contribution >= 4 is 6.21 Å². The normalized spacial score (nSPS) is 10.7. The van der Waals surface area contributed by atoms with E-state index in [4.69, 9.17) is 0 Å². The molecule has 52 valence electrons. The first-order valence-corrected chi connectivity index (χ1v) is 3.04. The Morgan fingerprint density at radius 2 is 2.22 bits per heavy atom. The monoisotopic (exact) mass is 126 g/mol. The summed E-state index contributed by atoms with van der Waals surface area (Å²) in [4.78, 5) is 3.80. The molecule has 0 spiro atoms. The van der Waals surface area contributed by atoms with Crippen molar-refractivity contribution in [2.75, 3.05) is 7.05 Å². The third-order valence-corrected chi connectivity index (χ3v) is 0.759. The molecule has 2 nitrogen and oxygen atoms in total. The molecule has 0 heterocycles. The fourth-order valence-electron chi connectivity index (χ4n) is 0.564. The van der Waals surface area contributed by atoms with E-state index in [0.717, 1.165) is 5.70 Å². The zero-order chi connectivity index (χ0) is 7.28. The smallest absolute Gasteiger partial charge is 0.0450 e. The molecule has 0 aromatic carbocycles. The van der Waals surface area contributed by atoms with Crippen molar-refractivity contribution in [1.29, 1.82) is 0 Å². The summed E-state index contributed by atoms with van der Waals surface area (Å²) in [5, 5.41) is 3.10. The second-order valence-corrected chi connectivity index (χ2v) is 2.21. The Morgan fingerprint density at radius 3 is 2.56 bits per heavy atom.